The van der Waals surface area contributed by atoms with Crippen LogP contribution in [-0.2, 0) is 9.53 Å². The highest BCUT2D eigenvalue weighted by molar-refractivity contribution is 5.68. The quantitative estimate of drug-likeness (QED) is 0.551. The Balaban J connectivity index is 2.90. The number of nitro groups is 1. The molecule has 0 aliphatic rings. The summed E-state index contributed by atoms with van der Waals surface area (Å²) in [5.74, 6) is -1.15. The third-order valence-electron chi connectivity index (χ3n) is 2.46. The molecule has 9 heteroatoms. The topological polar surface area (TPSA) is 138 Å². The summed E-state index contributed by atoms with van der Waals surface area (Å²) in [6.45, 7) is 0.0194. The monoisotopic (exact) mass is 280 g/mol. The van der Waals surface area contributed by atoms with Crippen molar-refractivity contribution in [1.82, 2.24) is 4.98 Å². The van der Waals surface area contributed by atoms with Gasteiger partial charge in [0.05, 0.1) is 17.4 Å². The largest absolute Gasteiger partial charge is 0.481 e. The summed E-state index contributed by atoms with van der Waals surface area (Å²) in [4.78, 5) is 24.6. The smallest absolute Gasteiger partial charge is 0.328 e. The molecule has 0 fully saturated rings. The Labute approximate surface area is 114 Å². The molecule has 1 aromatic rings. The number of pyridine rings is 1. The first-order valence-electron chi connectivity index (χ1n) is 5.51. The van der Waals surface area contributed by atoms with E-state index in [0.29, 0.717) is 0 Å². The average Bonchev–Trinajstić information content (AvgIpc) is 2.42. The molecule has 1 heterocycles. The summed E-state index contributed by atoms with van der Waals surface area (Å²) in [5.41, 5.74) is -0.570. The van der Waals surface area contributed by atoms with E-state index < -0.39 is 22.7 Å². The Bertz CT molecular complexity index is 554. The minimum Gasteiger partial charge on any atom is -0.481 e. The number of methoxy groups -OCH3 is 1. The fourth-order valence-corrected chi connectivity index (χ4v) is 1.50. The summed E-state index contributed by atoms with van der Waals surface area (Å²) in [7, 11) is 1.34. The van der Waals surface area contributed by atoms with Gasteiger partial charge >= 0.3 is 11.7 Å². The zero-order chi connectivity index (χ0) is 15.1. The highest BCUT2D eigenvalue weighted by atomic mass is 16.6. The molecule has 106 valence electrons. The number of nitrogens with zero attached hydrogens (tertiary/aromatic N) is 3. The van der Waals surface area contributed by atoms with E-state index in [1.165, 1.54) is 19.4 Å². The lowest BCUT2D eigenvalue weighted by atomic mass is 10.2. The van der Waals surface area contributed by atoms with E-state index in [0.717, 1.165) is 0 Å². The Morgan fingerprint density at radius 2 is 2.45 bits per heavy atom. The van der Waals surface area contributed by atoms with E-state index in [2.05, 4.69) is 10.3 Å². The molecule has 0 saturated carbocycles. The molecule has 0 bridgehead atoms. The van der Waals surface area contributed by atoms with Crippen LogP contribution in [0.15, 0.2) is 12.3 Å². The predicted octanol–water partition coefficient (Wildman–Crippen LogP) is 0.763. The third-order valence-corrected chi connectivity index (χ3v) is 2.46. The second-order valence-electron chi connectivity index (χ2n) is 3.76. The number of ether oxygens (including phenoxy) is 1. The molecule has 1 aromatic heterocycles. The number of hydrogen-bond acceptors (Lipinski definition) is 7. The van der Waals surface area contributed by atoms with Gasteiger partial charge in [-0.15, -0.1) is 0 Å². The van der Waals surface area contributed by atoms with Crippen molar-refractivity contribution >= 4 is 17.5 Å². The lowest BCUT2D eigenvalue weighted by Crippen LogP contribution is -2.25. The van der Waals surface area contributed by atoms with Gasteiger partial charge in [0.1, 0.15) is 11.6 Å². The number of aliphatic carboxylic acids is 1. The van der Waals surface area contributed by atoms with E-state index in [4.69, 9.17) is 15.1 Å². The molecule has 0 saturated heterocycles. The Kier molecular flexibility index (Phi) is 5.37. The third kappa shape index (κ3) is 3.89. The molecule has 2 N–H and O–H groups in total. The number of hydrogen-bond donors (Lipinski definition) is 2. The van der Waals surface area contributed by atoms with Gasteiger partial charge in [-0.25, -0.2) is 4.98 Å². The molecular weight excluding hydrogens is 268 g/mol. The van der Waals surface area contributed by atoms with Crippen LogP contribution in [0.3, 0.4) is 0 Å². The van der Waals surface area contributed by atoms with E-state index in [-0.39, 0.29) is 24.3 Å². The number of nitrogens with one attached hydrogen (secondary N) is 1. The lowest BCUT2D eigenvalue weighted by molar-refractivity contribution is -0.384. The normalized spacial score (nSPS) is 11.4. The van der Waals surface area contributed by atoms with Gasteiger partial charge in [-0.05, 0) is 6.07 Å². The van der Waals surface area contributed by atoms with Gasteiger partial charge in [0, 0.05) is 19.9 Å². The van der Waals surface area contributed by atoms with Crippen LogP contribution in [-0.4, -0.2) is 40.7 Å². The fraction of sp³-hybridized carbons (Fsp3) is 0.364. The van der Waals surface area contributed by atoms with Crippen molar-refractivity contribution in [2.75, 3.05) is 19.0 Å². The molecular formula is C11H12N4O5. The molecule has 0 aliphatic carbocycles. The highest BCUT2D eigenvalue weighted by Crippen LogP contribution is 2.25. The zero-order valence-electron chi connectivity index (χ0n) is 10.6. The Hall–Kier alpha value is -2.73. The van der Waals surface area contributed by atoms with Crippen molar-refractivity contribution in [3.63, 3.8) is 0 Å². The molecule has 20 heavy (non-hydrogen) atoms. The van der Waals surface area contributed by atoms with Crippen LogP contribution >= 0.6 is 0 Å². The number of carbonyl (C=O) groups is 1. The van der Waals surface area contributed by atoms with Gasteiger partial charge in [0.2, 0.25) is 5.82 Å². The fourth-order valence-electron chi connectivity index (χ4n) is 1.50. The van der Waals surface area contributed by atoms with Crippen LogP contribution in [0.2, 0.25) is 0 Å². The second kappa shape index (κ2) is 7.01. The van der Waals surface area contributed by atoms with E-state index in [9.17, 15) is 14.9 Å². The molecule has 1 atom stereocenters. The van der Waals surface area contributed by atoms with Crippen LogP contribution in [0.4, 0.5) is 11.5 Å². The van der Waals surface area contributed by atoms with Crippen molar-refractivity contribution in [3.05, 3.63) is 27.9 Å². The predicted molar refractivity (Wildman–Crippen MR) is 67.1 cm³/mol. The summed E-state index contributed by atoms with van der Waals surface area (Å²) >= 11 is 0. The molecule has 0 aromatic carbocycles. The van der Waals surface area contributed by atoms with Crippen molar-refractivity contribution in [2.45, 2.75) is 12.5 Å². The molecule has 9 nitrogen and oxygen atoms in total. The average molecular weight is 280 g/mol. The van der Waals surface area contributed by atoms with Crippen molar-refractivity contribution in [3.8, 4) is 6.07 Å². The van der Waals surface area contributed by atoms with E-state index in [1.54, 1.807) is 6.07 Å². The summed E-state index contributed by atoms with van der Waals surface area (Å²) in [6.07, 6.45) is 0.335. The van der Waals surface area contributed by atoms with Crippen LogP contribution < -0.4 is 5.32 Å². The van der Waals surface area contributed by atoms with Gasteiger partial charge in [0.25, 0.3) is 0 Å². The van der Waals surface area contributed by atoms with Crippen LogP contribution in [0, 0.1) is 21.4 Å². The van der Waals surface area contributed by atoms with Crippen molar-refractivity contribution < 1.29 is 19.6 Å². The number of rotatable bonds is 7. The first kappa shape index (κ1) is 15.3. The van der Waals surface area contributed by atoms with Gasteiger partial charge in [-0.2, -0.15) is 5.26 Å². The van der Waals surface area contributed by atoms with Gasteiger partial charge < -0.3 is 15.2 Å². The number of aromatic nitrogens is 1. The standard InChI is InChI=1S/C11H12N4O5/c1-20-8(4-9(16)17)6-14-11-10(15(18)19)7(5-12)2-3-13-11/h2-3,8H,4,6H2,1H3,(H,13,14)(H,16,17). The number of carboxylic acids is 1. The van der Waals surface area contributed by atoms with Gasteiger partial charge in [-0.1, -0.05) is 0 Å². The Morgan fingerprint density at radius 1 is 1.75 bits per heavy atom. The Morgan fingerprint density at radius 3 is 2.95 bits per heavy atom. The maximum absolute atomic E-state index is 10.9. The maximum Gasteiger partial charge on any atom is 0.328 e. The van der Waals surface area contributed by atoms with Gasteiger partial charge in [-0.3, -0.25) is 14.9 Å². The maximum atomic E-state index is 10.9. The number of nitriles is 1. The molecule has 0 aliphatic heterocycles. The SMILES string of the molecule is COC(CNc1nccc(C#N)c1[N+](=O)[O-])CC(=O)O. The molecule has 0 amide bonds. The lowest BCUT2D eigenvalue weighted by Gasteiger charge is -2.14. The van der Waals surface area contributed by atoms with Crippen LogP contribution in [0.25, 0.3) is 0 Å². The number of carboxylic acid groups (broad SMARTS) is 1. The van der Waals surface area contributed by atoms with E-state index >= 15 is 0 Å². The number of anilines is 1. The summed E-state index contributed by atoms with van der Waals surface area (Å²) in [5, 5.41) is 31.1. The van der Waals surface area contributed by atoms with Crippen molar-refractivity contribution in [1.29, 1.82) is 5.26 Å². The second-order valence-corrected chi connectivity index (χ2v) is 3.76. The first-order valence-corrected chi connectivity index (χ1v) is 5.51. The van der Waals surface area contributed by atoms with Crippen LogP contribution in [0.5, 0.6) is 0 Å². The molecule has 0 spiro atoms. The van der Waals surface area contributed by atoms with Crippen molar-refractivity contribution in [2.24, 2.45) is 0 Å². The first-order chi connectivity index (χ1) is 9.49. The molecule has 1 unspecified atom stereocenters. The van der Waals surface area contributed by atoms with Crippen LogP contribution in [0.1, 0.15) is 12.0 Å². The van der Waals surface area contributed by atoms with Gasteiger partial charge in [0.15, 0.2) is 0 Å². The highest BCUT2D eigenvalue weighted by Gasteiger charge is 2.22. The minimum atomic E-state index is -1.05. The summed E-state index contributed by atoms with van der Waals surface area (Å²) in [6, 6.07) is 2.93. The summed E-state index contributed by atoms with van der Waals surface area (Å²) < 4.78 is 4.93. The minimum absolute atomic E-state index is 0.0194. The molecule has 1 rings (SSSR count). The molecule has 0 radical (unpaired) electrons. The van der Waals surface area contributed by atoms with E-state index in [1.807, 2.05) is 0 Å². The zero-order valence-corrected chi connectivity index (χ0v) is 10.6.